The number of thiophene rings is 1. The zero-order chi connectivity index (χ0) is 18.5. The predicted molar refractivity (Wildman–Crippen MR) is 110 cm³/mol. The summed E-state index contributed by atoms with van der Waals surface area (Å²) in [5, 5.41) is 5.79. The summed E-state index contributed by atoms with van der Waals surface area (Å²) in [5.41, 5.74) is 8.73. The van der Waals surface area contributed by atoms with Crippen molar-refractivity contribution < 1.29 is 4.79 Å². The number of nitrogens with zero attached hydrogens (tertiary/aromatic N) is 2. The van der Waals surface area contributed by atoms with Crippen molar-refractivity contribution in [1.82, 2.24) is 9.29 Å². The molecule has 0 spiro atoms. The van der Waals surface area contributed by atoms with E-state index >= 15 is 0 Å². The molecular weight excluding hydrogens is 364 g/mol. The van der Waals surface area contributed by atoms with Crippen molar-refractivity contribution in [2.45, 2.75) is 11.3 Å². The van der Waals surface area contributed by atoms with Gasteiger partial charge in [0.15, 0.2) is 0 Å². The number of benzene rings is 1. The van der Waals surface area contributed by atoms with Gasteiger partial charge in [0.05, 0.1) is 11.4 Å². The molecule has 1 aromatic carbocycles. The molecule has 3 rings (SSSR count). The Kier molecular flexibility index (Phi) is 5.92. The summed E-state index contributed by atoms with van der Waals surface area (Å²) in [6.07, 6.45) is 2.02. The number of pyridine rings is 1. The lowest BCUT2D eigenvalue weighted by Crippen LogP contribution is -2.13. The average Bonchev–Trinajstić information content (AvgIpc) is 3.03. The number of carbonyl (C=O) groups excluding carboxylic acids is 1. The molecule has 0 aliphatic carbocycles. The van der Waals surface area contributed by atoms with Crippen LogP contribution in [0, 0.1) is 0 Å². The number of nitrogens with two attached hydrogens (primary N) is 1. The lowest BCUT2D eigenvalue weighted by atomic mass is 10.1. The molecule has 0 saturated carbocycles. The Hall–Kier alpha value is -2.35. The summed E-state index contributed by atoms with van der Waals surface area (Å²) in [4.78, 5) is 17.5. The van der Waals surface area contributed by atoms with Crippen molar-refractivity contribution in [3.8, 4) is 11.1 Å². The van der Waals surface area contributed by atoms with Gasteiger partial charge in [-0.3, -0.25) is 9.10 Å². The number of aromatic nitrogens is 1. The van der Waals surface area contributed by atoms with Gasteiger partial charge in [0, 0.05) is 16.5 Å². The summed E-state index contributed by atoms with van der Waals surface area (Å²) in [5.74, 6) is 0.453. The third kappa shape index (κ3) is 5.08. The standard InChI is InChI=1S/C19H20N4OS2/c1-23(2)26-16-5-3-4-13(8-16)9-18(24)22-19-11-15(12-25-19)14-6-7-21-17(20)10-14/h3-8,10-12H,9H2,1-2H3,(H2,20,21)(H,22,24). The van der Waals surface area contributed by atoms with Crippen molar-refractivity contribution >= 4 is 40.0 Å². The van der Waals surface area contributed by atoms with E-state index in [4.69, 9.17) is 5.73 Å². The van der Waals surface area contributed by atoms with Gasteiger partial charge in [-0.05, 0) is 73.1 Å². The smallest absolute Gasteiger partial charge is 0.229 e. The molecule has 2 heterocycles. The lowest BCUT2D eigenvalue weighted by molar-refractivity contribution is -0.115. The number of nitrogen functional groups attached to an aromatic ring is 1. The van der Waals surface area contributed by atoms with E-state index in [1.54, 1.807) is 18.1 Å². The minimum absolute atomic E-state index is 0.0281. The lowest BCUT2D eigenvalue weighted by Gasteiger charge is -2.09. The second kappa shape index (κ2) is 8.35. The Morgan fingerprint density at radius 2 is 2.08 bits per heavy atom. The van der Waals surface area contributed by atoms with Gasteiger partial charge in [0.25, 0.3) is 0 Å². The molecule has 0 bridgehead atoms. The molecule has 7 heteroatoms. The van der Waals surface area contributed by atoms with Crippen molar-refractivity contribution in [1.29, 1.82) is 0 Å². The number of anilines is 2. The van der Waals surface area contributed by atoms with E-state index in [1.165, 1.54) is 11.3 Å². The highest BCUT2D eigenvalue weighted by Gasteiger charge is 2.09. The van der Waals surface area contributed by atoms with Crippen molar-refractivity contribution in [2.75, 3.05) is 25.1 Å². The molecule has 0 aliphatic heterocycles. The molecule has 3 N–H and O–H groups in total. The fourth-order valence-electron chi connectivity index (χ4n) is 2.47. The zero-order valence-corrected chi connectivity index (χ0v) is 16.2. The maximum absolute atomic E-state index is 12.4. The Labute approximate surface area is 161 Å². The number of rotatable bonds is 6. The molecule has 0 fully saturated rings. The zero-order valence-electron chi connectivity index (χ0n) is 14.6. The van der Waals surface area contributed by atoms with Crippen LogP contribution in [0.2, 0.25) is 0 Å². The Bertz CT molecular complexity index is 908. The van der Waals surface area contributed by atoms with Crippen LogP contribution >= 0.6 is 23.3 Å². The molecule has 2 aromatic heterocycles. The van der Waals surface area contributed by atoms with Crippen LogP contribution in [0.15, 0.2) is 58.9 Å². The first-order chi connectivity index (χ1) is 12.5. The van der Waals surface area contributed by atoms with Crippen molar-refractivity contribution in [2.24, 2.45) is 0 Å². The number of hydrogen-bond acceptors (Lipinski definition) is 6. The molecular formula is C19H20N4OS2. The van der Waals surface area contributed by atoms with Gasteiger partial charge in [-0.25, -0.2) is 4.98 Å². The van der Waals surface area contributed by atoms with E-state index in [2.05, 4.69) is 10.3 Å². The van der Waals surface area contributed by atoms with E-state index in [0.29, 0.717) is 12.2 Å². The minimum Gasteiger partial charge on any atom is -0.384 e. The third-order valence-corrected chi connectivity index (χ3v) is 5.20. The van der Waals surface area contributed by atoms with Crippen molar-refractivity contribution in [3.63, 3.8) is 0 Å². The summed E-state index contributed by atoms with van der Waals surface area (Å²) in [6.45, 7) is 0. The second-order valence-electron chi connectivity index (χ2n) is 5.95. The Balaban J connectivity index is 1.64. The number of nitrogens with one attached hydrogen (secondary N) is 1. The van der Waals surface area contributed by atoms with Crippen LogP contribution in [0.4, 0.5) is 10.8 Å². The quantitative estimate of drug-likeness (QED) is 0.625. The van der Waals surface area contributed by atoms with Crippen LogP contribution < -0.4 is 11.1 Å². The summed E-state index contributed by atoms with van der Waals surface area (Å²) in [6, 6.07) is 13.7. The normalized spacial score (nSPS) is 10.9. The van der Waals surface area contributed by atoms with E-state index in [0.717, 1.165) is 26.6 Å². The topological polar surface area (TPSA) is 71.2 Å². The highest BCUT2D eigenvalue weighted by atomic mass is 32.2. The van der Waals surface area contributed by atoms with Crippen LogP contribution in [0.25, 0.3) is 11.1 Å². The van der Waals surface area contributed by atoms with Crippen LogP contribution in [-0.4, -0.2) is 29.3 Å². The average molecular weight is 385 g/mol. The van der Waals surface area contributed by atoms with Crippen LogP contribution in [0.1, 0.15) is 5.56 Å². The number of carbonyl (C=O) groups is 1. The van der Waals surface area contributed by atoms with Gasteiger partial charge in [-0.2, -0.15) is 0 Å². The molecule has 0 radical (unpaired) electrons. The van der Waals surface area contributed by atoms with Gasteiger partial charge >= 0.3 is 0 Å². The number of hydrogen-bond donors (Lipinski definition) is 2. The van der Waals surface area contributed by atoms with E-state index in [1.807, 2.05) is 66.2 Å². The molecule has 0 saturated heterocycles. The summed E-state index contributed by atoms with van der Waals surface area (Å²) >= 11 is 3.13. The van der Waals surface area contributed by atoms with Crippen LogP contribution in [-0.2, 0) is 11.2 Å². The Morgan fingerprint density at radius 1 is 1.23 bits per heavy atom. The summed E-state index contributed by atoms with van der Waals surface area (Å²) in [7, 11) is 3.99. The highest BCUT2D eigenvalue weighted by Crippen LogP contribution is 2.29. The molecule has 1 amide bonds. The van der Waals surface area contributed by atoms with Gasteiger partial charge in [0.2, 0.25) is 5.91 Å². The van der Waals surface area contributed by atoms with E-state index in [-0.39, 0.29) is 5.91 Å². The molecule has 5 nitrogen and oxygen atoms in total. The SMILES string of the molecule is CN(C)Sc1cccc(CC(=O)Nc2cc(-c3ccnc(N)c3)cs2)c1. The van der Waals surface area contributed by atoms with Crippen LogP contribution in [0.5, 0.6) is 0 Å². The molecule has 0 aliphatic rings. The van der Waals surface area contributed by atoms with Crippen molar-refractivity contribution in [3.05, 3.63) is 59.6 Å². The van der Waals surface area contributed by atoms with Gasteiger partial charge in [0.1, 0.15) is 5.82 Å². The second-order valence-corrected chi connectivity index (χ2v) is 8.24. The monoisotopic (exact) mass is 384 g/mol. The fraction of sp³-hybridized carbons (Fsp3) is 0.158. The maximum Gasteiger partial charge on any atom is 0.229 e. The molecule has 0 unspecified atom stereocenters. The predicted octanol–water partition coefficient (Wildman–Crippen LogP) is 4.14. The molecule has 134 valence electrons. The first-order valence-electron chi connectivity index (χ1n) is 8.04. The van der Waals surface area contributed by atoms with E-state index < -0.39 is 0 Å². The first-order valence-corrected chi connectivity index (χ1v) is 9.69. The number of amides is 1. The van der Waals surface area contributed by atoms with Gasteiger partial charge < -0.3 is 11.1 Å². The Morgan fingerprint density at radius 3 is 2.85 bits per heavy atom. The first kappa shape index (κ1) is 18.4. The molecule has 26 heavy (non-hydrogen) atoms. The van der Waals surface area contributed by atoms with Gasteiger partial charge in [-0.1, -0.05) is 12.1 Å². The minimum atomic E-state index is -0.0281. The van der Waals surface area contributed by atoms with Gasteiger partial charge in [-0.15, -0.1) is 11.3 Å². The molecule has 3 aromatic rings. The maximum atomic E-state index is 12.4. The highest BCUT2D eigenvalue weighted by molar-refractivity contribution is 7.97. The summed E-state index contributed by atoms with van der Waals surface area (Å²) < 4.78 is 2.03. The van der Waals surface area contributed by atoms with Crippen LogP contribution in [0.3, 0.4) is 0 Å². The molecule has 0 atom stereocenters. The van der Waals surface area contributed by atoms with E-state index in [9.17, 15) is 4.79 Å². The third-order valence-electron chi connectivity index (χ3n) is 3.53. The largest absolute Gasteiger partial charge is 0.384 e. The fourth-order valence-corrected chi connectivity index (χ4v) is 4.06.